The molecule has 0 spiro atoms. The van der Waals surface area contributed by atoms with Crippen molar-refractivity contribution in [1.82, 2.24) is 9.88 Å². The van der Waals surface area contributed by atoms with Gasteiger partial charge >= 0.3 is 0 Å². The largest absolute Gasteiger partial charge is 0.507 e. The van der Waals surface area contributed by atoms with Gasteiger partial charge in [-0.05, 0) is 60.0 Å². The van der Waals surface area contributed by atoms with Gasteiger partial charge < -0.3 is 19.5 Å². The quantitative estimate of drug-likeness (QED) is 0.187. The standard InChI is InChI=1S/C29H28N2O5/c1-3-15-35-23-12-10-21(11-13-23)27(32)25-26(22-8-5-9-24(17-22)36-16-4-2)31(29(34)28(25)33)19-20-7-6-14-30-18-20/h4-14,17-18,26,32H,2-3,15-16,19H2,1H3/b27-25+. The lowest BCUT2D eigenvalue weighted by atomic mass is 9.95. The molecule has 1 saturated heterocycles. The molecule has 7 heteroatoms. The van der Waals surface area contributed by atoms with Crippen molar-refractivity contribution in [3.8, 4) is 11.5 Å². The van der Waals surface area contributed by atoms with Crippen LogP contribution in [0.2, 0.25) is 0 Å². The summed E-state index contributed by atoms with van der Waals surface area (Å²) in [6, 6.07) is 16.8. The van der Waals surface area contributed by atoms with Crippen LogP contribution in [-0.4, -0.2) is 39.9 Å². The highest BCUT2D eigenvalue weighted by Gasteiger charge is 2.46. The highest BCUT2D eigenvalue weighted by Crippen LogP contribution is 2.41. The van der Waals surface area contributed by atoms with Crippen molar-refractivity contribution >= 4 is 17.4 Å². The molecular weight excluding hydrogens is 456 g/mol. The van der Waals surface area contributed by atoms with Crippen LogP contribution in [0, 0.1) is 0 Å². The van der Waals surface area contributed by atoms with Crippen LogP contribution in [0.1, 0.15) is 36.1 Å². The maximum absolute atomic E-state index is 13.3. The van der Waals surface area contributed by atoms with Gasteiger partial charge in [-0.1, -0.05) is 37.8 Å². The van der Waals surface area contributed by atoms with Gasteiger partial charge in [0, 0.05) is 24.5 Å². The molecule has 1 aromatic heterocycles. The van der Waals surface area contributed by atoms with Crippen LogP contribution in [0.5, 0.6) is 11.5 Å². The van der Waals surface area contributed by atoms with Crippen molar-refractivity contribution in [2.24, 2.45) is 0 Å². The third-order valence-electron chi connectivity index (χ3n) is 5.76. The van der Waals surface area contributed by atoms with Crippen molar-refractivity contribution in [2.45, 2.75) is 25.9 Å². The Hall–Kier alpha value is -4.39. The van der Waals surface area contributed by atoms with E-state index in [4.69, 9.17) is 9.47 Å². The molecule has 3 aromatic rings. The molecule has 1 fully saturated rings. The number of hydrogen-bond donors (Lipinski definition) is 1. The molecule has 0 bridgehead atoms. The molecule has 1 atom stereocenters. The van der Waals surface area contributed by atoms with E-state index in [0.29, 0.717) is 35.8 Å². The highest BCUT2D eigenvalue weighted by molar-refractivity contribution is 6.46. The predicted molar refractivity (Wildman–Crippen MR) is 136 cm³/mol. The van der Waals surface area contributed by atoms with Gasteiger partial charge in [-0.25, -0.2) is 0 Å². The summed E-state index contributed by atoms with van der Waals surface area (Å²) in [7, 11) is 0. The van der Waals surface area contributed by atoms with E-state index in [1.807, 2.05) is 19.1 Å². The molecule has 0 aliphatic carbocycles. The number of aliphatic hydroxyl groups excluding tert-OH is 1. The molecule has 0 radical (unpaired) electrons. The van der Waals surface area contributed by atoms with Crippen LogP contribution in [-0.2, 0) is 16.1 Å². The Morgan fingerprint density at radius 2 is 1.89 bits per heavy atom. The molecule has 1 aliphatic heterocycles. The Labute approximate surface area is 210 Å². The number of aliphatic hydroxyl groups is 1. The Morgan fingerprint density at radius 1 is 1.08 bits per heavy atom. The number of carbonyl (C=O) groups excluding carboxylic acids is 2. The Morgan fingerprint density at radius 3 is 2.58 bits per heavy atom. The summed E-state index contributed by atoms with van der Waals surface area (Å²) in [5.74, 6) is -0.451. The molecule has 1 unspecified atom stereocenters. The van der Waals surface area contributed by atoms with Gasteiger partial charge in [-0.15, -0.1) is 0 Å². The highest BCUT2D eigenvalue weighted by atomic mass is 16.5. The number of benzene rings is 2. The number of nitrogens with zero attached hydrogens (tertiary/aromatic N) is 2. The number of pyridine rings is 1. The minimum absolute atomic E-state index is 0.0204. The third-order valence-corrected chi connectivity index (χ3v) is 5.76. The number of ketones is 1. The molecule has 1 aliphatic rings. The van der Waals surface area contributed by atoms with E-state index in [2.05, 4.69) is 11.6 Å². The first kappa shape index (κ1) is 24.7. The van der Waals surface area contributed by atoms with Crippen LogP contribution in [0.4, 0.5) is 0 Å². The van der Waals surface area contributed by atoms with E-state index in [9.17, 15) is 14.7 Å². The zero-order valence-electron chi connectivity index (χ0n) is 20.1. The van der Waals surface area contributed by atoms with E-state index >= 15 is 0 Å². The number of amides is 1. The van der Waals surface area contributed by atoms with Gasteiger partial charge in [0.25, 0.3) is 11.7 Å². The molecule has 184 valence electrons. The second-order valence-corrected chi connectivity index (χ2v) is 8.33. The fourth-order valence-corrected chi connectivity index (χ4v) is 4.09. The van der Waals surface area contributed by atoms with Gasteiger partial charge in [0.2, 0.25) is 0 Å². The monoisotopic (exact) mass is 484 g/mol. The lowest BCUT2D eigenvalue weighted by Gasteiger charge is -2.25. The van der Waals surface area contributed by atoms with Gasteiger partial charge in [0.05, 0.1) is 18.2 Å². The minimum Gasteiger partial charge on any atom is -0.507 e. The number of hydrogen-bond acceptors (Lipinski definition) is 6. The van der Waals surface area contributed by atoms with Crippen molar-refractivity contribution in [1.29, 1.82) is 0 Å². The Bertz CT molecular complexity index is 1270. The number of aromatic nitrogens is 1. The molecule has 1 amide bonds. The predicted octanol–water partition coefficient (Wildman–Crippen LogP) is 5.06. The molecular formula is C29H28N2O5. The normalized spacial score (nSPS) is 16.7. The van der Waals surface area contributed by atoms with E-state index in [1.54, 1.807) is 67.0 Å². The SMILES string of the molecule is C=CCOc1cccc(C2/C(=C(\O)c3ccc(OCCC)cc3)C(=O)C(=O)N2Cc2cccnc2)c1. The van der Waals surface area contributed by atoms with E-state index in [1.165, 1.54) is 4.90 Å². The second kappa shape index (κ2) is 11.4. The first-order valence-corrected chi connectivity index (χ1v) is 11.8. The third kappa shape index (κ3) is 5.30. The zero-order valence-corrected chi connectivity index (χ0v) is 20.1. The summed E-state index contributed by atoms with van der Waals surface area (Å²) in [5, 5.41) is 11.3. The first-order chi connectivity index (χ1) is 17.5. The summed E-state index contributed by atoms with van der Waals surface area (Å²) < 4.78 is 11.3. The first-order valence-electron chi connectivity index (χ1n) is 11.8. The van der Waals surface area contributed by atoms with Crippen LogP contribution >= 0.6 is 0 Å². The van der Waals surface area contributed by atoms with Crippen molar-refractivity contribution in [3.05, 3.63) is 108 Å². The smallest absolute Gasteiger partial charge is 0.295 e. The molecule has 2 aromatic carbocycles. The maximum Gasteiger partial charge on any atom is 0.295 e. The zero-order chi connectivity index (χ0) is 25.5. The summed E-state index contributed by atoms with van der Waals surface area (Å²) in [6.45, 7) is 6.73. The molecule has 0 saturated carbocycles. The van der Waals surface area contributed by atoms with Crippen molar-refractivity contribution in [2.75, 3.05) is 13.2 Å². The van der Waals surface area contributed by atoms with Crippen LogP contribution in [0.15, 0.2) is 91.3 Å². The maximum atomic E-state index is 13.3. The molecule has 36 heavy (non-hydrogen) atoms. The van der Waals surface area contributed by atoms with Crippen molar-refractivity contribution in [3.63, 3.8) is 0 Å². The number of carbonyl (C=O) groups is 2. The van der Waals surface area contributed by atoms with Gasteiger partial charge in [0.1, 0.15) is 23.9 Å². The lowest BCUT2D eigenvalue weighted by Crippen LogP contribution is -2.29. The average Bonchev–Trinajstić information content (AvgIpc) is 3.16. The average molecular weight is 485 g/mol. The topological polar surface area (TPSA) is 89.0 Å². The summed E-state index contributed by atoms with van der Waals surface area (Å²) >= 11 is 0. The number of Topliss-reactive ketones (excluding diaryl/α,β-unsaturated/α-hetero) is 1. The van der Waals surface area contributed by atoms with E-state index < -0.39 is 17.7 Å². The molecule has 4 rings (SSSR count). The van der Waals surface area contributed by atoms with E-state index in [0.717, 1.165) is 12.0 Å². The van der Waals surface area contributed by atoms with Gasteiger partial charge in [0.15, 0.2) is 0 Å². The number of ether oxygens (including phenoxy) is 2. The fraction of sp³-hybridized carbons (Fsp3) is 0.207. The second-order valence-electron chi connectivity index (χ2n) is 8.33. The molecule has 7 nitrogen and oxygen atoms in total. The number of rotatable bonds is 10. The van der Waals surface area contributed by atoms with Gasteiger partial charge in [-0.3, -0.25) is 14.6 Å². The summed E-state index contributed by atoms with van der Waals surface area (Å²) in [4.78, 5) is 32.1. The summed E-state index contributed by atoms with van der Waals surface area (Å²) in [5.41, 5.74) is 1.85. The fourth-order valence-electron chi connectivity index (χ4n) is 4.09. The van der Waals surface area contributed by atoms with Gasteiger partial charge in [-0.2, -0.15) is 0 Å². The van der Waals surface area contributed by atoms with Crippen LogP contribution in [0.3, 0.4) is 0 Å². The Balaban J connectivity index is 1.79. The van der Waals surface area contributed by atoms with E-state index in [-0.39, 0.29) is 17.9 Å². The molecule has 2 heterocycles. The van der Waals surface area contributed by atoms with Crippen LogP contribution in [0.25, 0.3) is 5.76 Å². The summed E-state index contributed by atoms with van der Waals surface area (Å²) in [6.07, 6.45) is 5.80. The molecule has 1 N–H and O–H groups in total. The Kier molecular flexibility index (Phi) is 7.80. The lowest BCUT2D eigenvalue weighted by molar-refractivity contribution is -0.140. The number of likely N-dealkylation sites (tertiary alicyclic amines) is 1. The minimum atomic E-state index is -0.812. The van der Waals surface area contributed by atoms with Crippen molar-refractivity contribution < 1.29 is 24.2 Å². The van der Waals surface area contributed by atoms with Crippen LogP contribution < -0.4 is 9.47 Å².